The normalized spacial score (nSPS) is 14.3. The maximum atomic E-state index is 13.5. The highest BCUT2D eigenvalue weighted by Crippen LogP contribution is 2.20. The van der Waals surface area contributed by atoms with Crippen LogP contribution in [-0.2, 0) is 0 Å². The highest BCUT2D eigenvalue weighted by atomic mass is 79.9. The van der Waals surface area contributed by atoms with Crippen molar-refractivity contribution < 1.29 is 18.7 Å². The van der Waals surface area contributed by atoms with Crippen molar-refractivity contribution in [2.45, 2.75) is 26.4 Å². The molecular formula is C13H16BrF2NO2. The molecule has 0 aliphatic rings. The van der Waals surface area contributed by atoms with Gasteiger partial charge in [0, 0.05) is 11.0 Å². The van der Waals surface area contributed by atoms with Crippen LogP contribution < -0.4 is 5.32 Å². The fraction of sp³-hybridized carbons (Fsp3) is 0.462. The van der Waals surface area contributed by atoms with Crippen LogP contribution in [0.4, 0.5) is 8.78 Å². The number of halogens is 3. The summed E-state index contributed by atoms with van der Waals surface area (Å²) in [6.07, 6.45) is 0. The first-order valence-corrected chi connectivity index (χ1v) is 6.59. The van der Waals surface area contributed by atoms with Crippen LogP contribution in [0, 0.1) is 17.6 Å². The van der Waals surface area contributed by atoms with Gasteiger partial charge in [0.05, 0.1) is 5.60 Å². The Kier molecular flexibility index (Phi) is 5.04. The molecular weight excluding hydrogens is 320 g/mol. The van der Waals surface area contributed by atoms with Gasteiger partial charge in [-0.15, -0.1) is 0 Å². The second kappa shape index (κ2) is 5.96. The molecule has 0 radical (unpaired) electrons. The summed E-state index contributed by atoms with van der Waals surface area (Å²) >= 11 is 2.93. The van der Waals surface area contributed by atoms with Gasteiger partial charge in [-0.3, -0.25) is 4.79 Å². The van der Waals surface area contributed by atoms with Crippen molar-refractivity contribution in [1.82, 2.24) is 5.32 Å². The molecule has 106 valence electrons. The lowest BCUT2D eigenvalue weighted by Crippen LogP contribution is -2.44. The second-order valence-corrected chi connectivity index (χ2v) is 5.85. The molecule has 1 rings (SSSR count). The average Bonchev–Trinajstić information content (AvgIpc) is 2.24. The van der Waals surface area contributed by atoms with Crippen LogP contribution in [0.15, 0.2) is 16.6 Å². The van der Waals surface area contributed by atoms with E-state index in [4.69, 9.17) is 0 Å². The van der Waals surface area contributed by atoms with Crippen molar-refractivity contribution in [2.24, 2.45) is 5.92 Å². The largest absolute Gasteiger partial charge is 0.388 e. The molecule has 0 aromatic heterocycles. The van der Waals surface area contributed by atoms with E-state index in [1.807, 2.05) is 0 Å². The Morgan fingerprint density at radius 1 is 1.42 bits per heavy atom. The maximum absolute atomic E-state index is 13.5. The van der Waals surface area contributed by atoms with Crippen LogP contribution in [0.2, 0.25) is 0 Å². The minimum atomic E-state index is -1.14. The molecule has 0 heterocycles. The zero-order chi connectivity index (χ0) is 14.8. The molecule has 0 aliphatic carbocycles. The molecule has 0 aliphatic heterocycles. The lowest BCUT2D eigenvalue weighted by Gasteiger charge is -2.27. The molecule has 6 heteroatoms. The first kappa shape index (κ1) is 16.0. The summed E-state index contributed by atoms with van der Waals surface area (Å²) < 4.78 is 27.3. The van der Waals surface area contributed by atoms with Crippen molar-refractivity contribution in [3.8, 4) is 0 Å². The predicted molar refractivity (Wildman–Crippen MR) is 71.9 cm³/mol. The number of carbonyl (C=O) groups excluding carboxylic acids is 1. The van der Waals surface area contributed by atoms with E-state index >= 15 is 0 Å². The Labute approximate surface area is 119 Å². The van der Waals surface area contributed by atoms with Gasteiger partial charge in [-0.05, 0) is 25.0 Å². The Bertz CT molecular complexity index is 467. The van der Waals surface area contributed by atoms with E-state index < -0.39 is 28.7 Å². The standard InChI is InChI=1S/C13H16BrF2NO2/c1-7(2)13(3,19)6-17-12(18)11-9(15)4-8(14)5-10(11)16/h4-5,7,19H,6H2,1-3H3,(H,17,18)/t13-/m1/s1. The van der Waals surface area contributed by atoms with Crippen molar-refractivity contribution in [3.63, 3.8) is 0 Å². The van der Waals surface area contributed by atoms with Gasteiger partial charge in [-0.25, -0.2) is 8.78 Å². The molecule has 1 atom stereocenters. The van der Waals surface area contributed by atoms with E-state index in [1.54, 1.807) is 20.8 Å². The zero-order valence-corrected chi connectivity index (χ0v) is 12.5. The van der Waals surface area contributed by atoms with Gasteiger partial charge < -0.3 is 10.4 Å². The number of amides is 1. The van der Waals surface area contributed by atoms with Gasteiger partial charge in [-0.1, -0.05) is 29.8 Å². The van der Waals surface area contributed by atoms with E-state index in [0.29, 0.717) is 0 Å². The van der Waals surface area contributed by atoms with Crippen molar-refractivity contribution in [1.29, 1.82) is 0 Å². The smallest absolute Gasteiger partial charge is 0.257 e. The molecule has 1 amide bonds. The van der Waals surface area contributed by atoms with Crippen LogP contribution in [0.25, 0.3) is 0 Å². The molecule has 1 aromatic carbocycles. The topological polar surface area (TPSA) is 49.3 Å². The van der Waals surface area contributed by atoms with Crippen molar-refractivity contribution in [2.75, 3.05) is 6.54 Å². The van der Waals surface area contributed by atoms with E-state index in [9.17, 15) is 18.7 Å². The van der Waals surface area contributed by atoms with Crippen LogP contribution >= 0.6 is 15.9 Å². The number of aliphatic hydroxyl groups is 1. The third kappa shape index (κ3) is 3.98. The fourth-order valence-electron chi connectivity index (χ4n) is 1.31. The molecule has 0 spiro atoms. The highest BCUT2D eigenvalue weighted by Gasteiger charge is 2.27. The van der Waals surface area contributed by atoms with Gasteiger partial charge in [-0.2, -0.15) is 0 Å². The van der Waals surface area contributed by atoms with Gasteiger partial charge in [0.2, 0.25) is 0 Å². The van der Waals surface area contributed by atoms with Crippen molar-refractivity contribution in [3.05, 3.63) is 33.8 Å². The monoisotopic (exact) mass is 335 g/mol. The fourth-order valence-corrected chi connectivity index (χ4v) is 1.71. The van der Waals surface area contributed by atoms with Gasteiger partial charge in [0.25, 0.3) is 5.91 Å². The molecule has 19 heavy (non-hydrogen) atoms. The third-order valence-electron chi connectivity index (χ3n) is 3.08. The summed E-state index contributed by atoms with van der Waals surface area (Å²) in [7, 11) is 0. The number of rotatable bonds is 4. The van der Waals surface area contributed by atoms with E-state index in [-0.39, 0.29) is 16.9 Å². The lowest BCUT2D eigenvalue weighted by molar-refractivity contribution is 0.0141. The molecule has 0 saturated heterocycles. The minimum Gasteiger partial charge on any atom is -0.388 e. The first-order chi connectivity index (χ1) is 8.65. The number of nitrogens with one attached hydrogen (secondary N) is 1. The zero-order valence-electron chi connectivity index (χ0n) is 10.9. The highest BCUT2D eigenvalue weighted by molar-refractivity contribution is 9.10. The summed E-state index contributed by atoms with van der Waals surface area (Å²) in [6, 6.07) is 2.02. The predicted octanol–water partition coefficient (Wildman–Crippen LogP) is 2.86. The van der Waals surface area contributed by atoms with Gasteiger partial charge in [0.15, 0.2) is 0 Å². The Morgan fingerprint density at radius 2 is 1.89 bits per heavy atom. The van der Waals surface area contributed by atoms with E-state index in [0.717, 1.165) is 12.1 Å². The van der Waals surface area contributed by atoms with Crippen LogP contribution in [0.3, 0.4) is 0 Å². The summed E-state index contributed by atoms with van der Waals surface area (Å²) in [4.78, 5) is 11.7. The average molecular weight is 336 g/mol. The molecule has 0 unspecified atom stereocenters. The summed E-state index contributed by atoms with van der Waals surface area (Å²) in [6.45, 7) is 5.03. The SMILES string of the molecule is CC(C)[C@](C)(O)CNC(=O)c1c(F)cc(Br)cc1F. The number of carbonyl (C=O) groups is 1. The van der Waals surface area contributed by atoms with Gasteiger partial charge >= 0.3 is 0 Å². The lowest BCUT2D eigenvalue weighted by atomic mass is 9.92. The number of benzene rings is 1. The number of hydrogen-bond donors (Lipinski definition) is 2. The minimum absolute atomic E-state index is 0.0849. The quantitative estimate of drug-likeness (QED) is 0.888. The number of hydrogen-bond acceptors (Lipinski definition) is 2. The first-order valence-electron chi connectivity index (χ1n) is 5.80. The van der Waals surface area contributed by atoms with Crippen LogP contribution in [0.5, 0.6) is 0 Å². The molecule has 0 bridgehead atoms. The molecule has 0 fully saturated rings. The Morgan fingerprint density at radius 3 is 2.32 bits per heavy atom. The molecule has 0 saturated carbocycles. The molecule has 3 nitrogen and oxygen atoms in total. The third-order valence-corrected chi connectivity index (χ3v) is 3.54. The van der Waals surface area contributed by atoms with Crippen molar-refractivity contribution >= 4 is 21.8 Å². The summed E-state index contributed by atoms with van der Waals surface area (Å²) in [5.41, 5.74) is -1.79. The Balaban J connectivity index is 2.86. The van der Waals surface area contributed by atoms with E-state index in [1.165, 1.54) is 0 Å². The molecule has 1 aromatic rings. The Hall–Kier alpha value is -1.01. The van der Waals surface area contributed by atoms with E-state index in [2.05, 4.69) is 21.2 Å². The summed E-state index contributed by atoms with van der Waals surface area (Å²) in [5.74, 6) is -2.89. The maximum Gasteiger partial charge on any atom is 0.257 e. The second-order valence-electron chi connectivity index (χ2n) is 4.94. The van der Waals surface area contributed by atoms with Crippen LogP contribution in [-0.4, -0.2) is 23.2 Å². The molecule has 2 N–H and O–H groups in total. The van der Waals surface area contributed by atoms with Gasteiger partial charge in [0.1, 0.15) is 17.2 Å². The van der Waals surface area contributed by atoms with Crippen LogP contribution in [0.1, 0.15) is 31.1 Å². The summed E-state index contributed by atoms with van der Waals surface area (Å²) in [5, 5.41) is 12.3.